The van der Waals surface area contributed by atoms with Crippen molar-refractivity contribution < 1.29 is 19.4 Å². The molecule has 0 aromatic heterocycles. The van der Waals surface area contributed by atoms with E-state index in [1.807, 2.05) is 54.6 Å². The summed E-state index contributed by atoms with van der Waals surface area (Å²) in [6.45, 7) is 1.84. The highest BCUT2D eigenvalue weighted by Gasteiger charge is 2.48. The first-order valence-electron chi connectivity index (χ1n) is 9.44. The van der Waals surface area contributed by atoms with Gasteiger partial charge in [-0.25, -0.2) is 0 Å². The Labute approximate surface area is 180 Å². The molecule has 3 rings (SSSR count). The minimum atomic E-state index is -1.42. The number of hydrogen-bond acceptors (Lipinski definition) is 4. The van der Waals surface area contributed by atoms with Gasteiger partial charge in [0.2, 0.25) is 0 Å². The molecule has 0 spiro atoms. The first-order chi connectivity index (χ1) is 13.8. The standard InChI is InChI=1S/C23H22Cl2O4/c1-2-29-22(27)21-17(12-20(24)25)13-23(28,14-19(21)26)18-10-8-16(9-11-18)15-6-4-3-5-7-15/h3-12,17,21,28H,2,13-14H2,1H3. The Morgan fingerprint density at radius 2 is 1.76 bits per heavy atom. The second-order valence-electron chi connectivity index (χ2n) is 7.17. The van der Waals surface area contributed by atoms with E-state index in [1.165, 1.54) is 6.08 Å². The molecule has 0 bridgehead atoms. The SMILES string of the molecule is CCOC(=O)C1C(=O)CC(O)(c2ccc(-c3ccccc3)cc2)CC1C=C(Cl)Cl. The molecule has 2 aromatic carbocycles. The Bertz CT molecular complexity index is 904. The normalized spacial score (nSPS) is 24.1. The quantitative estimate of drug-likeness (QED) is 0.532. The van der Waals surface area contributed by atoms with Crippen LogP contribution in [0.2, 0.25) is 0 Å². The van der Waals surface area contributed by atoms with Crippen molar-refractivity contribution in [3.8, 4) is 11.1 Å². The van der Waals surface area contributed by atoms with Crippen LogP contribution >= 0.6 is 23.2 Å². The van der Waals surface area contributed by atoms with Gasteiger partial charge >= 0.3 is 5.97 Å². The molecule has 152 valence electrons. The van der Waals surface area contributed by atoms with Crippen molar-refractivity contribution >= 4 is 35.0 Å². The van der Waals surface area contributed by atoms with Crippen LogP contribution in [0.1, 0.15) is 25.3 Å². The molecule has 0 amide bonds. The zero-order chi connectivity index (χ0) is 21.0. The fraction of sp³-hybridized carbons (Fsp3) is 0.304. The summed E-state index contributed by atoms with van der Waals surface area (Å²) >= 11 is 11.6. The minimum absolute atomic E-state index is 0.0548. The molecule has 1 fully saturated rings. The molecule has 1 N–H and O–H groups in total. The summed E-state index contributed by atoms with van der Waals surface area (Å²) in [7, 11) is 0. The summed E-state index contributed by atoms with van der Waals surface area (Å²) in [5.41, 5.74) is 1.25. The van der Waals surface area contributed by atoms with E-state index in [1.54, 1.807) is 6.92 Å². The Kier molecular flexibility index (Phi) is 6.78. The molecule has 6 heteroatoms. The van der Waals surface area contributed by atoms with Crippen molar-refractivity contribution in [1.82, 2.24) is 0 Å². The van der Waals surface area contributed by atoms with Gasteiger partial charge in [-0.1, -0.05) is 77.8 Å². The van der Waals surface area contributed by atoms with Gasteiger partial charge in [-0.05, 0) is 36.1 Å². The summed E-state index contributed by atoms with van der Waals surface area (Å²) in [6.07, 6.45) is 1.40. The van der Waals surface area contributed by atoms with Crippen molar-refractivity contribution in [3.63, 3.8) is 0 Å². The number of hydrogen-bond donors (Lipinski definition) is 1. The highest BCUT2D eigenvalue weighted by atomic mass is 35.5. The largest absolute Gasteiger partial charge is 0.465 e. The van der Waals surface area contributed by atoms with E-state index >= 15 is 0 Å². The van der Waals surface area contributed by atoms with Gasteiger partial charge in [0, 0.05) is 12.3 Å². The zero-order valence-corrected chi connectivity index (χ0v) is 17.5. The highest BCUT2D eigenvalue weighted by molar-refractivity contribution is 6.55. The lowest BCUT2D eigenvalue weighted by molar-refractivity contribution is -0.159. The average molecular weight is 433 g/mol. The maximum atomic E-state index is 12.8. The van der Waals surface area contributed by atoms with Gasteiger partial charge in [0.05, 0.1) is 12.2 Å². The van der Waals surface area contributed by atoms with Crippen molar-refractivity contribution in [3.05, 3.63) is 70.7 Å². The average Bonchev–Trinajstić information content (AvgIpc) is 2.68. The molecular weight excluding hydrogens is 411 g/mol. The number of allylic oxidation sites excluding steroid dienone is 1. The maximum Gasteiger partial charge on any atom is 0.317 e. The predicted molar refractivity (Wildman–Crippen MR) is 113 cm³/mol. The van der Waals surface area contributed by atoms with Crippen LogP contribution in [0.3, 0.4) is 0 Å². The lowest BCUT2D eigenvalue weighted by Gasteiger charge is -2.39. The fourth-order valence-electron chi connectivity index (χ4n) is 3.90. The van der Waals surface area contributed by atoms with E-state index in [0.717, 1.165) is 11.1 Å². The molecule has 0 saturated heterocycles. The number of halogens is 2. The van der Waals surface area contributed by atoms with Crippen molar-refractivity contribution in [2.45, 2.75) is 25.4 Å². The first kappa shape index (κ1) is 21.6. The number of benzene rings is 2. The number of ether oxygens (including phenoxy) is 1. The van der Waals surface area contributed by atoms with Gasteiger partial charge < -0.3 is 9.84 Å². The third-order valence-corrected chi connectivity index (χ3v) is 5.48. The monoisotopic (exact) mass is 432 g/mol. The molecule has 3 unspecified atom stereocenters. The van der Waals surface area contributed by atoms with Crippen molar-refractivity contribution in [2.75, 3.05) is 6.61 Å². The summed E-state index contributed by atoms with van der Waals surface area (Å²) in [5, 5.41) is 11.3. The van der Waals surface area contributed by atoms with Crippen LogP contribution in [-0.4, -0.2) is 23.5 Å². The third-order valence-electron chi connectivity index (χ3n) is 5.23. The third kappa shape index (κ3) is 4.89. The van der Waals surface area contributed by atoms with Crippen molar-refractivity contribution in [2.24, 2.45) is 11.8 Å². The predicted octanol–water partition coefficient (Wildman–Crippen LogP) is 5.02. The molecule has 2 aromatic rings. The molecule has 1 aliphatic carbocycles. The zero-order valence-electron chi connectivity index (χ0n) is 16.0. The van der Waals surface area contributed by atoms with Crippen LogP contribution in [0.5, 0.6) is 0 Å². The number of Topliss-reactive ketones (excluding diaryl/α,β-unsaturated/α-hetero) is 1. The summed E-state index contributed by atoms with van der Waals surface area (Å²) in [5.74, 6) is -2.68. The molecule has 1 saturated carbocycles. The minimum Gasteiger partial charge on any atom is -0.465 e. The number of aliphatic hydroxyl groups is 1. The second-order valence-corrected chi connectivity index (χ2v) is 8.18. The number of carbonyl (C=O) groups is 2. The Hall–Kier alpha value is -2.14. The number of carbonyl (C=O) groups excluding carboxylic acids is 2. The van der Waals surface area contributed by atoms with Crippen LogP contribution in [0.4, 0.5) is 0 Å². The summed E-state index contributed by atoms with van der Waals surface area (Å²) < 4.78 is 4.99. The molecule has 29 heavy (non-hydrogen) atoms. The molecule has 0 heterocycles. The fourth-order valence-corrected chi connectivity index (χ4v) is 4.22. The second kappa shape index (κ2) is 9.12. The molecule has 0 radical (unpaired) electrons. The van der Waals surface area contributed by atoms with Crippen molar-refractivity contribution in [1.29, 1.82) is 0 Å². The van der Waals surface area contributed by atoms with E-state index in [0.29, 0.717) is 5.56 Å². The molecule has 4 nitrogen and oxygen atoms in total. The van der Waals surface area contributed by atoms with E-state index in [4.69, 9.17) is 27.9 Å². The smallest absolute Gasteiger partial charge is 0.317 e. The Balaban J connectivity index is 1.90. The molecule has 1 aliphatic rings. The lowest BCUT2D eigenvalue weighted by atomic mass is 9.68. The molecular formula is C23H22Cl2O4. The van der Waals surface area contributed by atoms with E-state index in [-0.39, 0.29) is 29.7 Å². The summed E-state index contributed by atoms with van der Waals surface area (Å²) in [6, 6.07) is 17.3. The van der Waals surface area contributed by atoms with Gasteiger partial charge in [-0.3, -0.25) is 9.59 Å². The van der Waals surface area contributed by atoms with Gasteiger partial charge in [0.25, 0.3) is 0 Å². The van der Waals surface area contributed by atoms with Crippen LogP contribution in [0, 0.1) is 11.8 Å². The van der Waals surface area contributed by atoms with Gasteiger partial charge in [0.15, 0.2) is 5.78 Å². The topological polar surface area (TPSA) is 63.6 Å². The van der Waals surface area contributed by atoms with Gasteiger partial charge in [0.1, 0.15) is 10.4 Å². The first-order valence-corrected chi connectivity index (χ1v) is 10.2. The number of rotatable bonds is 5. The number of esters is 1. The van der Waals surface area contributed by atoms with Crippen LogP contribution in [0.15, 0.2) is 65.2 Å². The van der Waals surface area contributed by atoms with Gasteiger partial charge in [-0.2, -0.15) is 0 Å². The summed E-state index contributed by atoms with van der Waals surface area (Å²) in [4.78, 5) is 25.1. The van der Waals surface area contributed by atoms with Crippen LogP contribution < -0.4 is 0 Å². The Morgan fingerprint density at radius 1 is 1.14 bits per heavy atom. The van der Waals surface area contributed by atoms with Crippen LogP contribution in [0.25, 0.3) is 11.1 Å². The Morgan fingerprint density at radius 3 is 2.34 bits per heavy atom. The van der Waals surface area contributed by atoms with E-state index in [2.05, 4.69) is 0 Å². The highest BCUT2D eigenvalue weighted by Crippen LogP contribution is 2.43. The number of ketones is 1. The van der Waals surface area contributed by atoms with Crippen LogP contribution in [-0.2, 0) is 19.9 Å². The van der Waals surface area contributed by atoms with E-state index in [9.17, 15) is 14.7 Å². The molecule has 3 atom stereocenters. The maximum absolute atomic E-state index is 12.8. The van der Waals surface area contributed by atoms with Gasteiger partial charge in [-0.15, -0.1) is 0 Å². The lowest BCUT2D eigenvalue weighted by Crippen LogP contribution is -2.45. The molecule has 0 aliphatic heterocycles. The van der Waals surface area contributed by atoms with E-state index < -0.39 is 23.4 Å².